The number of para-hydroxylation sites is 1. The van der Waals surface area contributed by atoms with E-state index in [1.165, 1.54) is 19.2 Å². The summed E-state index contributed by atoms with van der Waals surface area (Å²) in [6, 6.07) is 14.4. The number of carbonyl (C=O) groups excluding carboxylic acids is 1. The second-order valence-electron chi connectivity index (χ2n) is 6.32. The van der Waals surface area contributed by atoms with Crippen LogP contribution in [-0.2, 0) is 17.8 Å². The maximum atomic E-state index is 13.8. The summed E-state index contributed by atoms with van der Waals surface area (Å²) in [5.41, 5.74) is 4.40. The van der Waals surface area contributed by atoms with Crippen molar-refractivity contribution in [2.75, 3.05) is 7.11 Å². The molecule has 6 heteroatoms. The van der Waals surface area contributed by atoms with E-state index in [-0.39, 0.29) is 18.1 Å². The number of nitrogens with one attached hydrogen (secondary N) is 1. The lowest BCUT2D eigenvalue weighted by molar-refractivity contribution is -0.120. The Morgan fingerprint density at radius 2 is 1.93 bits per heavy atom. The van der Waals surface area contributed by atoms with Crippen LogP contribution in [0.3, 0.4) is 0 Å². The molecule has 27 heavy (non-hydrogen) atoms. The van der Waals surface area contributed by atoms with Gasteiger partial charge in [0.1, 0.15) is 0 Å². The minimum atomic E-state index is -0.473. The summed E-state index contributed by atoms with van der Waals surface area (Å²) in [5, 5.41) is 7.47. The molecule has 0 radical (unpaired) electrons. The van der Waals surface area contributed by atoms with Crippen LogP contribution in [0.15, 0.2) is 48.5 Å². The Labute approximate surface area is 157 Å². The van der Waals surface area contributed by atoms with Crippen LogP contribution < -0.4 is 10.1 Å². The fourth-order valence-electron chi connectivity index (χ4n) is 3.01. The fraction of sp³-hybridized carbons (Fsp3) is 0.238. The van der Waals surface area contributed by atoms with Gasteiger partial charge in [0, 0.05) is 17.8 Å². The zero-order chi connectivity index (χ0) is 19.4. The molecule has 0 saturated carbocycles. The third-order valence-corrected chi connectivity index (χ3v) is 4.49. The zero-order valence-corrected chi connectivity index (χ0v) is 15.6. The molecular formula is C21H22FN3O2. The van der Waals surface area contributed by atoms with Crippen LogP contribution in [0.25, 0.3) is 5.69 Å². The van der Waals surface area contributed by atoms with E-state index in [0.717, 1.165) is 22.6 Å². The first-order valence-corrected chi connectivity index (χ1v) is 8.69. The monoisotopic (exact) mass is 367 g/mol. The number of aryl methyl sites for hydroxylation is 1. The van der Waals surface area contributed by atoms with Crippen molar-refractivity contribution in [3.63, 3.8) is 0 Å². The summed E-state index contributed by atoms with van der Waals surface area (Å²) < 4.78 is 20.5. The van der Waals surface area contributed by atoms with Gasteiger partial charge in [0.15, 0.2) is 11.6 Å². The van der Waals surface area contributed by atoms with E-state index in [1.807, 2.05) is 48.9 Å². The Balaban J connectivity index is 1.67. The lowest BCUT2D eigenvalue weighted by Gasteiger charge is -2.08. The van der Waals surface area contributed by atoms with Crippen LogP contribution >= 0.6 is 0 Å². The number of rotatable bonds is 6. The Bertz CT molecular complexity index is 952. The number of benzene rings is 2. The van der Waals surface area contributed by atoms with Gasteiger partial charge in [-0.05, 0) is 43.7 Å². The summed E-state index contributed by atoms with van der Waals surface area (Å²) in [4.78, 5) is 12.3. The van der Waals surface area contributed by atoms with Gasteiger partial charge in [-0.1, -0.05) is 24.3 Å². The minimum absolute atomic E-state index is 0.103. The van der Waals surface area contributed by atoms with Gasteiger partial charge in [0.2, 0.25) is 5.91 Å². The quantitative estimate of drug-likeness (QED) is 0.726. The van der Waals surface area contributed by atoms with Crippen molar-refractivity contribution in [2.24, 2.45) is 0 Å². The summed E-state index contributed by atoms with van der Waals surface area (Å²) in [6.07, 6.45) is 0.103. The highest BCUT2D eigenvalue weighted by molar-refractivity contribution is 5.78. The number of hydrogen-bond acceptors (Lipinski definition) is 3. The second-order valence-corrected chi connectivity index (χ2v) is 6.32. The number of nitrogens with zero attached hydrogens (tertiary/aromatic N) is 2. The van der Waals surface area contributed by atoms with Gasteiger partial charge in [-0.25, -0.2) is 9.07 Å². The molecule has 1 heterocycles. The average Bonchev–Trinajstić information content (AvgIpc) is 2.95. The van der Waals surface area contributed by atoms with Crippen molar-refractivity contribution >= 4 is 5.91 Å². The van der Waals surface area contributed by atoms with Gasteiger partial charge >= 0.3 is 0 Å². The van der Waals surface area contributed by atoms with E-state index in [1.54, 1.807) is 6.07 Å². The molecule has 2 aromatic carbocycles. The second kappa shape index (κ2) is 8.03. The Kier molecular flexibility index (Phi) is 5.54. The minimum Gasteiger partial charge on any atom is -0.494 e. The summed E-state index contributed by atoms with van der Waals surface area (Å²) in [7, 11) is 1.41. The van der Waals surface area contributed by atoms with Crippen LogP contribution in [0.1, 0.15) is 22.5 Å². The molecule has 0 aliphatic rings. The van der Waals surface area contributed by atoms with Crippen molar-refractivity contribution in [1.82, 2.24) is 15.1 Å². The van der Waals surface area contributed by atoms with E-state index < -0.39 is 5.82 Å². The third-order valence-electron chi connectivity index (χ3n) is 4.49. The maximum Gasteiger partial charge on any atom is 0.224 e. The van der Waals surface area contributed by atoms with Gasteiger partial charge in [-0.3, -0.25) is 4.79 Å². The number of ether oxygens (including phenoxy) is 1. The van der Waals surface area contributed by atoms with Gasteiger partial charge in [-0.15, -0.1) is 0 Å². The molecule has 1 aromatic heterocycles. The number of amides is 1. The number of aromatic nitrogens is 2. The van der Waals surface area contributed by atoms with Crippen LogP contribution in [0, 0.1) is 19.7 Å². The van der Waals surface area contributed by atoms with Crippen molar-refractivity contribution in [1.29, 1.82) is 0 Å². The van der Waals surface area contributed by atoms with Gasteiger partial charge in [0.25, 0.3) is 0 Å². The van der Waals surface area contributed by atoms with E-state index >= 15 is 0 Å². The molecular weight excluding hydrogens is 345 g/mol. The number of hydrogen-bond donors (Lipinski definition) is 1. The molecule has 5 nitrogen and oxygen atoms in total. The first kappa shape index (κ1) is 18.6. The van der Waals surface area contributed by atoms with Gasteiger partial charge < -0.3 is 10.1 Å². The van der Waals surface area contributed by atoms with Crippen LogP contribution in [-0.4, -0.2) is 22.8 Å². The Morgan fingerprint density at radius 3 is 2.59 bits per heavy atom. The normalized spacial score (nSPS) is 10.7. The molecule has 3 aromatic rings. The SMILES string of the molecule is COc1ccc(CC(=O)NCc2c(C)nn(-c3ccccc3)c2C)cc1F. The van der Waals surface area contributed by atoms with Gasteiger partial charge in [0.05, 0.1) is 24.9 Å². The zero-order valence-electron chi connectivity index (χ0n) is 15.6. The molecule has 0 aliphatic heterocycles. The number of methoxy groups -OCH3 is 1. The number of carbonyl (C=O) groups is 1. The standard InChI is InChI=1S/C21H22FN3O2/c1-14-18(15(2)25(24-14)17-7-5-4-6-8-17)13-23-21(26)12-16-9-10-20(27-3)19(22)11-16/h4-11H,12-13H2,1-3H3,(H,23,26). The third kappa shape index (κ3) is 4.16. The highest BCUT2D eigenvalue weighted by Gasteiger charge is 2.14. The Morgan fingerprint density at radius 1 is 1.19 bits per heavy atom. The van der Waals surface area contributed by atoms with Crippen molar-refractivity contribution < 1.29 is 13.9 Å². The molecule has 0 aliphatic carbocycles. The summed E-state index contributed by atoms with van der Waals surface area (Å²) in [6.45, 7) is 4.28. The molecule has 0 atom stereocenters. The van der Waals surface area contributed by atoms with E-state index in [0.29, 0.717) is 12.1 Å². The molecule has 0 unspecified atom stereocenters. The van der Waals surface area contributed by atoms with E-state index in [2.05, 4.69) is 10.4 Å². The maximum absolute atomic E-state index is 13.8. The first-order valence-electron chi connectivity index (χ1n) is 8.69. The number of halogens is 1. The molecule has 3 rings (SSSR count). The molecule has 0 bridgehead atoms. The average molecular weight is 367 g/mol. The molecule has 1 amide bonds. The molecule has 0 spiro atoms. The fourth-order valence-corrected chi connectivity index (χ4v) is 3.01. The molecule has 1 N–H and O–H groups in total. The topological polar surface area (TPSA) is 56.1 Å². The van der Waals surface area contributed by atoms with Crippen LogP contribution in [0.4, 0.5) is 4.39 Å². The summed E-state index contributed by atoms with van der Waals surface area (Å²) >= 11 is 0. The highest BCUT2D eigenvalue weighted by Crippen LogP contribution is 2.19. The van der Waals surface area contributed by atoms with E-state index in [9.17, 15) is 9.18 Å². The molecule has 0 fully saturated rings. The van der Waals surface area contributed by atoms with E-state index in [4.69, 9.17) is 4.74 Å². The van der Waals surface area contributed by atoms with Crippen LogP contribution in [0.5, 0.6) is 5.75 Å². The van der Waals surface area contributed by atoms with Crippen LogP contribution in [0.2, 0.25) is 0 Å². The lowest BCUT2D eigenvalue weighted by Crippen LogP contribution is -2.25. The lowest BCUT2D eigenvalue weighted by atomic mass is 10.1. The Hall–Kier alpha value is -3.15. The first-order chi connectivity index (χ1) is 13.0. The summed E-state index contributed by atoms with van der Waals surface area (Å²) in [5.74, 6) is -0.483. The predicted octanol–water partition coefficient (Wildman–Crippen LogP) is 3.50. The highest BCUT2D eigenvalue weighted by atomic mass is 19.1. The van der Waals surface area contributed by atoms with Gasteiger partial charge in [-0.2, -0.15) is 5.10 Å². The van der Waals surface area contributed by atoms with Crippen molar-refractivity contribution in [2.45, 2.75) is 26.8 Å². The van der Waals surface area contributed by atoms with Crippen molar-refractivity contribution in [3.8, 4) is 11.4 Å². The molecule has 0 saturated heterocycles. The predicted molar refractivity (Wildman–Crippen MR) is 102 cm³/mol. The largest absolute Gasteiger partial charge is 0.494 e. The molecule has 140 valence electrons. The smallest absolute Gasteiger partial charge is 0.224 e. The van der Waals surface area contributed by atoms with Crippen molar-refractivity contribution in [3.05, 3.63) is 76.9 Å².